The topological polar surface area (TPSA) is 29.9 Å². The van der Waals surface area contributed by atoms with Crippen LogP contribution in [0.15, 0.2) is 46.9 Å². The first-order chi connectivity index (χ1) is 9.65. The van der Waals surface area contributed by atoms with Crippen LogP contribution in [0.25, 0.3) is 10.9 Å². The number of aryl methyl sites for hydroxylation is 1. The van der Waals surface area contributed by atoms with E-state index in [9.17, 15) is 4.39 Å². The maximum atomic E-state index is 13.5. The van der Waals surface area contributed by atoms with E-state index in [-0.39, 0.29) is 5.82 Å². The Kier molecular flexibility index (Phi) is 3.44. The number of rotatable bonds is 3. The highest BCUT2D eigenvalue weighted by Gasteiger charge is 2.08. The minimum atomic E-state index is -0.277. The van der Waals surface area contributed by atoms with Crippen molar-refractivity contribution in [3.63, 3.8) is 0 Å². The molecule has 0 radical (unpaired) electrons. The first-order valence-electron chi connectivity index (χ1n) is 6.24. The van der Waals surface area contributed by atoms with Gasteiger partial charge < -0.3 is 5.32 Å². The van der Waals surface area contributed by atoms with Crippen LogP contribution in [-0.4, -0.2) is 9.78 Å². The highest BCUT2D eigenvalue weighted by atomic mass is 79.9. The maximum Gasteiger partial charge on any atom is 0.139 e. The molecule has 1 N–H and O–H groups in total. The summed E-state index contributed by atoms with van der Waals surface area (Å²) in [5, 5.41) is 8.80. The van der Waals surface area contributed by atoms with E-state index < -0.39 is 0 Å². The SMILES string of the molecule is Cn1nc(CNc2ccc(Br)c(F)c2)c2ccccc21. The van der Waals surface area contributed by atoms with Crippen LogP contribution in [0, 0.1) is 5.82 Å². The Balaban J connectivity index is 1.85. The molecule has 0 fully saturated rings. The van der Waals surface area contributed by atoms with Gasteiger partial charge in [-0.3, -0.25) is 4.68 Å². The first kappa shape index (κ1) is 13.1. The lowest BCUT2D eigenvalue weighted by Gasteiger charge is -2.05. The summed E-state index contributed by atoms with van der Waals surface area (Å²) in [6.07, 6.45) is 0. The third-order valence-corrected chi connectivity index (χ3v) is 3.86. The lowest BCUT2D eigenvalue weighted by molar-refractivity contribution is 0.621. The summed E-state index contributed by atoms with van der Waals surface area (Å²) >= 11 is 3.14. The van der Waals surface area contributed by atoms with Crippen LogP contribution in [0.1, 0.15) is 5.69 Å². The van der Waals surface area contributed by atoms with Gasteiger partial charge in [0, 0.05) is 18.1 Å². The van der Waals surface area contributed by atoms with Gasteiger partial charge in [0.05, 0.1) is 22.2 Å². The van der Waals surface area contributed by atoms with Crippen molar-refractivity contribution in [2.24, 2.45) is 7.05 Å². The van der Waals surface area contributed by atoms with E-state index in [1.165, 1.54) is 6.07 Å². The third kappa shape index (κ3) is 2.41. The van der Waals surface area contributed by atoms with E-state index >= 15 is 0 Å². The van der Waals surface area contributed by atoms with Gasteiger partial charge in [-0.05, 0) is 40.2 Å². The molecule has 0 saturated heterocycles. The van der Waals surface area contributed by atoms with Crippen molar-refractivity contribution in [1.82, 2.24) is 9.78 Å². The summed E-state index contributed by atoms with van der Waals surface area (Å²) < 4.78 is 15.8. The highest BCUT2D eigenvalue weighted by molar-refractivity contribution is 9.10. The molecular formula is C15H13BrFN3. The van der Waals surface area contributed by atoms with Crippen molar-refractivity contribution in [1.29, 1.82) is 0 Å². The van der Waals surface area contributed by atoms with Crippen molar-refractivity contribution in [3.05, 3.63) is 58.4 Å². The van der Waals surface area contributed by atoms with E-state index in [0.717, 1.165) is 22.3 Å². The average Bonchev–Trinajstić information content (AvgIpc) is 2.78. The van der Waals surface area contributed by atoms with Crippen molar-refractivity contribution >= 4 is 32.5 Å². The Morgan fingerprint density at radius 3 is 2.85 bits per heavy atom. The Labute approximate surface area is 124 Å². The van der Waals surface area contributed by atoms with Crippen molar-refractivity contribution < 1.29 is 4.39 Å². The predicted octanol–water partition coefficient (Wildman–Crippen LogP) is 4.09. The molecule has 3 aromatic rings. The number of aromatic nitrogens is 2. The molecule has 5 heteroatoms. The second kappa shape index (κ2) is 5.25. The molecule has 0 aliphatic rings. The molecule has 0 unspecified atom stereocenters. The van der Waals surface area contributed by atoms with Gasteiger partial charge >= 0.3 is 0 Å². The fourth-order valence-corrected chi connectivity index (χ4v) is 2.46. The number of fused-ring (bicyclic) bond motifs is 1. The van der Waals surface area contributed by atoms with Gasteiger partial charge in [0.15, 0.2) is 0 Å². The standard InChI is InChI=1S/C15H13BrFN3/c1-20-15-5-3-2-4-11(15)14(19-20)9-18-10-6-7-12(16)13(17)8-10/h2-8,18H,9H2,1H3. The van der Waals surface area contributed by atoms with Gasteiger partial charge in [-0.2, -0.15) is 5.10 Å². The zero-order chi connectivity index (χ0) is 14.1. The summed E-state index contributed by atoms with van der Waals surface area (Å²) in [6.45, 7) is 0.558. The van der Waals surface area contributed by atoms with Crippen LogP contribution >= 0.6 is 15.9 Å². The van der Waals surface area contributed by atoms with Gasteiger partial charge in [0.2, 0.25) is 0 Å². The van der Waals surface area contributed by atoms with Crippen molar-refractivity contribution in [2.75, 3.05) is 5.32 Å². The van der Waals surface area contributed by atoms with Crippen molar-refractivity contribution in [2.45, 2.75) is 6.54 Å². The minimum Gasteiger partial charge on any atom is -0.379 e. The van der Waals surface area contributed by atoms with E-state index in [1.54, 1.807) is 6.07 Å². The van der Waals surface area contributed by atoms with Crippen LogP contribution in [0.3, 0.4) is 0 Å². The molecule has 0 spiro atoms. The molecule has 1 aromatic heterocycles. The molecule has 0 bridgehead atoms. The molecule has 0 aliphatic heterocycles. The summed E-state index contributed by atoms with van der Waals surface area (Å²) in [6, 6.07) is 13.0. The lowest BCUT2D eigenvalue weighted by Crippen LogP contribution is -2.01. The summed E-state index contributed by atoms with van der Waals surface area (Å²) in [7, 11) is 1.92. The molecule has 102 valence electrons. The maximum absolute atomic E-state index is 13.5. The van der Waals surface area contributed by atoms with E-state index in [4.69, 9.17) is 0 Å². The lowest BCUT2D eigenvalue weighted by atomic mass is 10.2. The van der Waals surface area contributed by atoms with Gasteiger partial charge in [-0.15, -0.1) is 0 Å². The first-order valence-corrected chi connectivity index (χ1v) is 7.04. The van der Waals surface area contributed by atoms with E-state index in [1.807, 2.05) is 42.1 Å². The van der Waals surface area contributed by atoms with Gasteiger partial charge in [0.25, 0.3) is 0 Å². The predicted molar refractivity (Wildman–Crippen MR) is 82.1 cm³/mol. The number of nitrogens with one attached hydrogen (secondary N) is 1. The largest absolute Gasteiger partial charge is 0.379 e. The zero-order valence-corrected chi connectivity index (χ0v) is 12.5. The summed E-state index contributed by atoms with van der Waals surface area (Å²) in [4.78, 5) is 0. The highest BCUT2D eigenvalue weighted by Crippen LogP contribution is 2.21. The van der Waals surface area contributed by atoms with Crippen molar-refractivity contribution in [3.8, 4) is 0 Å². The molecule has 0 amide bonds. The van der Waals surface area contributed by atoms with Crippen LogP contribution in [0.4, 0.5) is 10.1 Å². The van der Waals surface area contributed by atoms with E-state index in [0.29, 0.717) is 11.0 Å². The molecule has 0 atom stereocenters. The number of benzene rings is 2. The molecule has 2 aromatic carbocycles. The quantitative estimate of drug-likeness (QED) is 0.782. The fraction of sp³-hybridized carbons (Fsp3) is 0.133. The fourth-order valence-electron chi connectivity index (χ4n) is 2.21. The number of nitrogens with zero attached hydrogens (tertiary/aromatic N) is 2. The number of hydrogen-bond donors (Lipinski definition) is 1. The average molecular weight is 334 g/mol. The van der Waals surface area contributed by atoms with Crippen LogP contribution < -0.4 is 5.32 Å². The normalized spacial score (nSPS) is 10.9. The smallest absolute Gasteiger partial charge is 0.139 e. The Morgan fingerprint density at radius 1 is 1.25 bits per heavy atom. The van der Waals surface area contributed by atoms with Crippen LogP contribution in [-0.2, 0) is 13.6 Å². The molecule has 0 aliphatic carbocycles. The second-order valence-electron chi connectivity index (χ2n) is 4.57. The Bertz CT molecular complexity index is 767. The number of para-hydroxylation sites is 1. The number of hydrogen-bond acceptors (Lipinski definition) is 2. The van der Waals surface area contributed by atoms with Gasteiger partial charge in [-0.1, -0.05) is 18.2 Å². The Hall–Kier alpha value is -1.88. The molecule has 0 saturated carbocycles. The molecule has 3 nitrogen and oxygen atoms in total. The van der Waals surface area contributed by atoms with Crippen LogP contribution in [0.2, 0.25) is 0 Å². The molecule has 1 heterocycles. The molecule has 3 rings (SSSR count). The minimum absolute atomic E-state index is 0.277. The second-order valence-corrected chi connectivity index (χ2v) is 5.42. The monoisotopic (exact) mass is 333 g/mol. The summed E-state index contributed by atoms with van der Waals surface area (Å²) in [5.41, 5.74) is 2.78. The number of halogens is 2. The van der Waals surface area contributed by atoms with Gasteiger partial charge in [-0.25, -0.2) is 4.39 Å². The number of anilines is 1. The van der Waals surface area contributed by atoms with Gasteiger partial charge in [0.1, 0.15) is 5.82 Å². The summed E-state index contributed by atoms with van der Waals surface area (Å²) in [5.74, 6) is -0.277. The van der Waals surface area contributed by atoms with E-state index in [2.05, 4.69) is 26.3 Å². The third-order valence-electron chi connectivity index (χ3n) is 3.21. The Morgan fingerprint density at radius 2 is 2.05 bits per heavy atom. The molecule has 20 heavy (non-hydrogen) atoms. The van der Waals surface area contributed by atoms with Crippen LogP contribution in [0.5, 0.6) is 0 Å². The molecular weight excluding hydrogens is 321 g/mol. The zero-order valence-electron chi connectivity index (χ0n) is 10.9.